The van der Waals surface area contributed by atoms with Gasteiger partial charge in [-0.3, -0.25) is 4.79 Å². The second-order valence-corrected chi connectivity index (χ2v) is 5.05. The van der Waals surface area contributed by atoms with Crippen molar-refractivity contribution in [3.63, 3.8) is 0 Å². The topological polar surface area (TPSA) is 72.1 Å². The highest BCUT2D eigenvalue weighted by atomic mass is 32.1. The first-order chi connectivity index (χ1) is 7.43. The molecule has 1 aromatic heterocycles. The molecule has 0 saturated carbocycles. The first kappa shape index (κ1) is 13.0. The monoisotopic (exact) mass is 258 g/mol. The van der Waals surface area contributed by atoms with E-state index in [1.807, 2.05) is 13.8 Å². The van der Waals surface area contributed by atoms with Gasteiger partial charge in [-0.25, -0.2) is 0 Å². The van der Waals surface area contributed by atoms with Crippen molar-refractivity contribution in [2.24, 2.45) is 5.73 Å². The van der Waals surface area contributed by atoms with Crippen LogP contribution >= 0.6 is 23.8 Å². The number of aromatic nitrogens is 2. The Hall–Kier alpha value is -1.08. The molecule has 7 heteroatoms. The number of amides is 1. The Labute approximate surface area is 104 Å². The maximum atomic E-state index is 12.0. The highest BCUT2D eigenvalue weighted by Crippen LogP contribution is 2.20. The fraction of sp³-hybridized carbons (Fsp3) is 0.556. The number of thiocarbonyl (C=S) groups is 1. The van der Waals surface area contributed by atoms with Crippen molar-refractivity contribution < 1.29 is 4.79 Å². The number of hydrogen-bond donors (Lipinski definition) is 1. The van der Waals surface area contributed by atoms with Gasteiger partial charge in [-0.05, 0) is 17.5 Å². The van der Waals surface area contributed by atoms with Crippen molar-refractivity contribution in [3.05, 3.63) is 10.6 Å². The largest absolute Gasteiger partial charge is 0.392 e. The van der Waals surface area contributed by atoms with Crippen LogP contribution in [0.25, 0.3) is 0 Å². The van der Waals surface area contributed by atoms with Crippen LogP contribution in [0.1, 0.15) is 35.1 Å². The molecule has 0 atom stereocenters. The number of nitrogens with two attached hydrogens (primary N) is 1. The lowest BCUT2D eigenvalue weighted by atomic mass is 10.1. The maximum Gasteiger partial charge on any atom is 0.267 e. The summed E-state index contributed by atoms with van der Waals surface area (Å²) in [6.07, 6.45) is 0. The Morgan fingerprint density at radius 3 is 2.75 bits per heavy atom. The Balaban J connectivity index is 2.87. The third-order valence-electron chi connectivity index (χ3n) is 1.99. The summed E-state index contributed by atoms with van der Waals surface area (Å²) in [5, 5.41) is 3.96. The number of carbonyl (C=O) groups is 1. The lowest BCUT2D eigenvalue weighted by molar-refractivity contribution is 0.0818. The van der Waals surface area contributed by atoms with Gasteiger partial charge in [-0.2, -0.15) is 0 Å². The fourth-order valence-electron chi connectivity index (χ4n) is 1.20. The zero-order valence-corrected chi connectivity index (χ0v) is 11.1. The molecule has 0 radical (unpaired) electrons. The van der Waals surface area contributed by atoms with E-state index in [9.17, 15) is 4.79 Å². The van der Waals surface area contributed by atoms with Gasteiger partial charge in [-0.15, -0.1) is 5.10 Å². The molecule has 1 aromatic rings. The summed E-state index contributed by atoms with van der Waals surface area (Å²) >= 11 is 5.87. The van der Waals surface area contributed by atoms with Crippen LogP contribution < -0.4 is 5.73 Å². The van der Waals surface area contributed by atoms with E-state index in [0.717, 1.165) is 17.2 Å². The second-order valence-electron chi connectivity index (χ2n) is 3.77. The quantitative estimate of drug-likeness (QED) is 0.816. The zero-order chi connectivity index (χ0) is 12.3. The average Bonchev–Trinajstić information content (AvgIpc) is 2.63. The van der Waals surface area contributed by atoms with Gasteiger partial charge in [0.05, 0.1) is 17.2 Å². The smallest absolute Gasteiger partial charge is 0.267 e. The number of rotatable bonds is 4. The third kappa shape index (κ3) is 2.96. The van der Waals surface area contributed by atoms with E-state index in [0.29, 0.717) is 9.87 Å². The van der Waals surface area contributed by atoms with Crippen LogP contribution in [0, 0.1) is 0 Å². The first-order valence-electron chi connectivity index (χ1n) is 4.79. The summed E-state index contributed by atoms with van der Waals surface area (Å²) in [6, 6.07) is 0. The number of likely N-dealkylation sites (N-methyl/N-ethyl adjacent to an activating group) is 1. The summed E-state index contributed by atoms with van der Waals surface area (Å²) in [7, 11) is 1.66. The number of nitrogens with zero attached hydrogens (tertiary/aromatic N) is 3. The predicted molar refractivity (Wildman–Crippen MR) is 67.7 cm³/mol. The molecule has 88 valence electrons. The zero-order valence-electron chi connectivity index (χ0n) is 9.43. The van der Waals surface area contributed by atoms with Crippen molar-refractivity contribution in [2.75, 3.05) is 13.6 Å². The van der Waals surface area contributed by atoms with E-state index in [4.69, 9.17) is 18.0 Å². The molecule has 0 saturated heterocycles. The molecule has 1 amide bonds. The Bertz CT molecular complexity index is 402. The second kappa shape index (κ2) is 5.31. The average molecular weight is 258 g/mol. The third-order valence-corrected chi connectivity index (χ3v) is 2.85. The molecule has 0 spiro atoms. The van der Waals surface area contributed by atoms with Crippen LogP contribution in [-0.2, 0) is 0 Å². The van der Waals surface area contributed by atoms with Crippen molar-refractivity contribution in [1.29, 1.82) is 0 Å². The minimum absolute atomic E-state index is 0.133. The van der Waals surface area contributed by atoms with E-state index in [1.165, 1.54) is 4.90 Å². The standard InChI is InChI=1S/C9H14N4OS2/c1-5(2)7-8(16-12-11-7)9(14)13(3)4-6(10)15/h5H,4H2,1-3H3,(H2,10,15). The van der Waals surface area contributed by atoms with Gasteiger partial charge in [0.15, 0.2) is 0 Å². The molecule has 1 heterocycles. The summed E-state index contributed by atoms with van der Waals surface area (Å²) in [5.74, 6) is 0.0439. The van der Waals surface area contributed by atoms with Crippen molar-refractivity contribution in [3.8, 4) is 0 Å². The van der Waals surface area contributed by atoms with Crippen LogP contribution in [-0.4, -0.2) is 39.0 Å². The molecule has 0 aromatic carbocycles. The molecular formula is C9H14N4OS2. The molecule has 2 N–H and O–H groups in total. The van der Waals surface area contributed by atoms with Crippen molar-refractivity contribution in [2.45, 2.75) is 19.8 Å². The summed E-state index contributed by atoms with van der Waals surface area (Å²) < 4.78 is 3.81. The molecule has 16 heavy (non-hydrogen) atoms. The normalized spacial score (nSPS) is 10.5. The van der Waals surface area contributed by atoms with Crippen molar-refractivity contribution >= 4 is 34.6 Å². The Morgan fingerprint density at radius 2 is 2.25 bits per heavy atom. The first-order valence-corrected chi connectivity index (χ1v) is 5.97. The maximum absolute atomic E-state index is 12.0. The summed E-state index contributed by atoms with van der Waals surface area (Å²) in [4.78, 5) is 14.3. The highest BCUT2D eigenvalue weighted by molar-refractivity contribution is 7.80. The molecular weight excluding hydrogens is 244 g/mol. The Morgan fingerprint density at radius 1 is 1.62 bits per heavy atom. The minimum Gasteiger partial charge on any atom is -0.392 e. The van der Waals surface area contributed by atoms with Crippen LogP contribution in [0.2, 0.25) is 0 Å². The van der Waals surface area contributed by atoms with E-state index in [1.54, 1.807) is 7.05 Å². The van der Waals surface area contributed by atoms with E-state index >= 15 is 0 Å². The number of carbonyl (C=O) groups excluding carboxylic acids is 1. The van der Waals surface area contributed by atoms with Gasteiger partial charge < -0.3 is 10.6 Å². The molecule has 1 rings (SSSR count). The van der Waals surface area contributed by atoms with Gasteiger partial charge in [0.2, 0.25) is 0 Å². The molecule has 0 fully saturated rings. The lowest BCUT2D eigenvalue weighted by Crippen LogP contribution is -2.34. The van der Waals surface area contributed by atoms with Gasteiger partial charge in [0, 0.05) is 7.05 Å². The van der Waals surface area contributed by atoms with Crippen LogP contribution in [0.4, 0.5) is 0 Å². The summed E-state index contributed by atoms with van der Waals surface area (Å²) in [5.41, 5.74) is 6.12. The predicted octanol–water partition coefficient (Wildman–Crippen LogP) is 1.02. The van der Waals surface area contributed by atoms with E-state index < -0.39 is 0 Å². The van der Waals surface area contributed by atoms with Gasteiger partial charge in [-0.1, -0.05) is 30.6 Å². The fourth-order valence-corrected chi connectivity index (χ4v) is 2.21. The number of hydrogen-bond acceptors (Lipinski definition) is 5. The summed E-state index contributed by atoms with van der Waals surface area (Å²) in [6.45, 7) is 4.21. The molecule has 0 aliphatic carbocycles. The lowest BCUT2D eigenvalue weighted by Gasteiger charge is -2.15. The SMILES string of the molecule is CC(C)c1nnsc1C(=O)N(C)CC(N)=S. The van der Waals surface area contributed by atoms with Gasteiger partial charge in [0.25, 0.3) is 5.91 Å². The Kier molecular flexibility index (Phi) is 4.31. The molecule has 0 unspecified atom stereocenters. The van der Waals surface area contributed by atoms with Crippen LogP contribution in [0.3, 0.4) is 0 Å². The molecule has 0 aliphatic heterocycles. The minimum atomic E-state index is -0.133. The van der Waals surface area contributed by atoms with E-state index in [2.05, 4.69) is 9.59 Å². The van der Waals surface area contributed by atoms with Crippen LogP contribution in [0.15, 0.2) is 0 Å². The van der Waals surface area contributed by atoms with Crippen LogP contribution in [0.5, 0.6) is 0 Å². The molecule has 0 aliphatic rings. The van der Waals surface area contributed by atoms with E-state index in [-0.39, 0.29) is 18.4 Å². The van der Waals surface area contributed by atoms with Crippen molar-refractivity contribution in [1.82, 2.24) is 14.5 Å². The molecule has 0 bridgehead atoms. The van der Waals surface area contributed by atoms with Gasteiger partial charge >= 0.3 is 0 Å². The molecule has 5 nitrogen and oxygen atoms in total. The van der Waals surface area contributed by atoms with Gasteiger partial charge in [0.1, 0.15) is 4.88 Å². The highest BCUT2D eigenvalue weighted by Gasteiger charge is 2.21.